The van der Waals surface area contributed by atoms with Crippen LogP contribution >= 0.6 is 0 Å². The van der Waals surface area contributed by atoms with Crippen LogP contribution in [0.25, 0.3) is 0 Å². The molecule has 18 heavy (non-hydrogen) atoms. The van der Waals surface area contributed by atoms with E-state index in [1.54, 1.807) is 20.0 Å². The number of nitrogens with zero attached hydrogens (tertiary/aromatic N) is 3. The molecule has 2 heterocycles. The van der Waals surface area contributed by atoms with Crippen LogP contribution in [0.4, 0.5) is 11.8 Å². The molecule has 0 unspecified atom stereocenters. The summed E-state index contributed by atoms with van der Waals surface area (Å²) in [6.07, 6.45) is 1.75. The van der Waals surface area contributed by atoms with E-state index >= 15 is 0 Å². The lowest BCUT2D eigenvalue weighted by molar-refractivity contribution is 0.0943. The van der Waals surface area contributed by atoms with Crippen LogP contribution in [0.1, 0.15) is 13.8 Å². The van der Waals surface area contributed by atoms with Gasteiger partial charge in [0, 0.05) is 38.9 Å². The fraction of sp³-hybridized carbons (Fsp3) is 0.667. The van der Waals surface area contributed by atoms with Crippen molar-refractivity contribution in [3.8, 4) is 0 Å². The highest BCUT2D eigenvalue weighted by atomic mass is 16.3. The average Bonchev–Trinajstić information content (AvgIpc) is 2.37. The van der Waals surface area contributed by atoms with Gasteiger partial charge in [0.05, 0.1) is 5.60 Å². The summed E-state index contributed by atoms with van der Waals surface area (Å²) in [5.74, 6) is 1.50. The predicted molar refractivity (Wildman–Crippen MR) is 71.9 cm³/mol. The molecular formula is C12H21N5O. The van der Waals surface area contributed by atoms with Gasteiger partial charge in [0.1, 0.15) is 5.82 Å². The largest absolute Gasteiger partial charge is 0.389 e. The molecule has 6 heteroatoms. The molecule has 6 nitrogen and oxygen atoms in total. The molecular weight excluding hydrogens is 230 g/mol. The first-order chi connectivity index (χ1) is 8.54. The van der Waals surface area contributed by atoms with Crippen LogP contribution in [0.15, 0.2) is 12.3 Å². The van der Waals surface area contributed by atoms with E-state index in [-0.39, 0.29) is 0 Å². The third-order valence-corrected chi connectivity index (χ3v) is 2.76. The summed E-state index contributed by atoms with van der Waals surface area (Å²) in [6.45, 7) is 7.81. The summed E-state index contributed by atoms with van der Waals surface area (Å²) < 4.78 is 0. The van der Waals surface area contributed by atoms with Crippen molar-refractivity contribution < 1.29 is 5.11 Å². The first kappa shape index (κ1) is 13.0. The Balaban J connectivity index is 2.00. The minimum Gasteiger partial charge on any atom is -0.389 e. The lowest BCUT2D eigenvalue weighted by Crippen LogP contribution is -2.44. The highest BCUT2D eigenvalue weighted by Crippen LogP contribution is 2.13. The summed E-state index contributed by atoms with van der Waals surface area (Å²) >= 11 is 0. The van der Waals surface area contributed by atoms with Crippen LogP contribution in [-0.2, 0) is 0 Å². The van der Waals surface area contributed by atoms with Gasteiger partial charge in [-0.3, -0.25) is 0 Å². The summed E-state index contributed by atoms with van der Waals surface area (Å²) in [6, 6.07) is 1.92. The van der Waals surface area contributed by atoms with Crippen molar-refractivity contribution in [2.75, 3.05) is 42.9 Å². The van der Waals surface area contributed by atoms with E-state index in [2.05, 4.69) is 25.5 Å². The molecule has 1 fully saturated rings. The maximum absolute atomic E-state index is 9.66. The van der Waals surface area contributed by atoms with Crippen LogP contribution < -0.4 is 15.5 Å². The molecule has 0 atom stereocenters. The molecule has 0 amide bonds. The minimum absolute atomic E-state index is 0.429. The molecule has 0 bridgehead atoms. The monoisotopic (exact) mass is 251 g/mol. The van der Waals surface area contributed by atoms with Crippen LogP contribution in [0.2, 0.25) is 0 Å². The fourth-order valence-corrected chi connectivity index (χ4v) is 1.80. The maximum atomic E-state index is 9.66. The highest BCUT2D eigenvalue weighted by molar-refractivity contribution is 5.43. The molecule has 100 valence electrons. The van der Waals surface area contributed by atoms with Crippen LogP contribution in [0.5, 0.6) is 0 Å². The smallest absolute Gasteiger partial charge is 0.224 e. The summed E-state index contributed by atoms with van der Waals surface area (Å²) in [5, 5.41) is 16.0. The lowest BCUT2D eigenvalue weighted by atomic mass is 10.1. The Morgan fingerprint density at radius 2 is 2.17 bits per heavy atom. The molecule has 0 saturated carbocycles. The number of aromatic nitrogens is 2. The standard InChI is InChI=1S/C12H21N5O/c1-12(2,18)9-15-11-14-4-3-10(16-11)17-7-5-13-6-8-17/h3-4,13,18H,5-9H2,1-2H3,(H,14,15,16). The van der Waals surface area contributed by atoms with Crippen LogP contribution in [0.3, 0.4) is 0 Å². The van der Waals surface area contributed by atoms with Gasteiger partial charge in [-0.2, -0.15) is 4.98 Å². The normalized spacial score (nSPS) is 16.7. The topological polar surface area (TPSA) is 73.3 Å². The molecule has 0 aliphatic carbocycles. The van der Waals surface area contributed by atoms with E-state index in [1.165, 1.54) is 0 Å². The number of aliphatic hydroxyl groups is 1. The molecule has 1 saturated heterocycles. The number of rotatable bonds is 4. The Labute approximate surface area is 107 Å². The van der Waals surface area contributed by atoms with Gasteiger partial charge in [0.15, 0.2) is 0 Å². The second-order valence-corrected chi connectivity index (χ2v) is 5.14. The summed E-state index contributed by atoms with van der Waals surface area (Å²) in [4.78, 5) is 10.9. The zero-order valence-corrected chi connectivity index (χ0v) is 11.0. The Bertz CT molecular complexity index is 384. The van der Waals surface area contributed by atoms with Crippen molar-refractivity contribution in [3.05, 3.63) is 12.3 Å². The number of piperazine rings is 1. The molecule has 1 aliphatic heterocycles. The number of nitrogens with one attached hydrogen (secondary N) is 2. The molecule has 2 rings (SSSR count). The highest BCUT2D eigenvalue weighted by Gasteiger charge is 2.14. The quantitative estimate of drug-likeness (QED) is 0.703. The molecule has 0 spiro atoms. The van der Waals surface area contributed by atoms with E-state index in [1.807, 2.05) is 6.07 Å². The van der Waals surface area contributed by atoms with Gasteiger partial charge >= 0.3 is 0 Å². The van der Waals surface area contributed by atoms with E-state index in [0.29, 0.717) is 12.5 Å². The van der Waals surface area contributed by atoms with Crippen molar-refractivity contribution in [1.29, 1.82) is 0 Å². The van der Waals surface area contributed by atoms with Crippen LogP contribution in [0, 0.1) is 0 Å². The van der Waals surface area contributed by atoms with Gasteiger partial charge < -0.3 is 20.6 Å². The van der Waals surface area contributed by atoms with Crippen molar-refractivity contribution >= 4 is 11.8 Å². The zero-order valence-electron chi connectivity index (χ0n) is 11.0. The van der Waals surface area contributed by atoms with Crippen molar-refractivity contribution in [2.24, 2.45) is 0 Å². The van der Waals surface area contributed by atoms with Crippen molar-refractivity contribution in [2.45, 2.75) is 19.4 Å². The molecule has 0 radical (unpaired) electrons. The first-order valence-corrected chi connectivity index (χ1v) is 6.29. The van der Waals surface area contributed by atoms with Gasteiger partial charge in [-0.15, -0.1) is 0 Å². The number of hydrogen-bond acceptors (Lipinski definition) is 6. The Kier molecular flexibility index (Phi) is 3.98. The zero-order chi connectivity index (χ0) is 13.0. The van der Waals surface area contributed by atoms with Gasteiger partial charge in [0.25, 0.3) is 0 Å². The predicted octanol–water partition coefficient (Wildman–Crippen LogP) is 0.0690. The second-order valence-electron chi connectivity index (χ2n) is 5.14. The van der Waals surface area contributed by atoms with Crippen LogP contribution in [-0.4, -0.2) is 53.4 Å². The van der Waals surface area contributed by atoms with Crippen molar-refractivity contribution in [3.63, 3.8) is 0 Å². The lowest BCUT2D eigenvalue weighted by Gasteiger charge is -2.28. The van der Waals surface area contributed by atoms with E-state index in [9.17, 15) is 5.11 Å². The molecule has 1 aliphatic rings. The maximum Gasteiger partial charge on any atom is 0.224 e. The Morgan fingerprint density at radius 3 is 2.83 bits per heavy atom. The minimum atomic E-state index is -0.769. The average molecular weight is 251 g/mol. The Hall–Kier alpha value is -1.40. The fourth-order valence-electron chi connectivity index (χ4n) is 1.80. The summed E-state index contributed by atoms with van der Waals surface area (Å²) in [7, 11) is 0. The Morgan fingerprint density at radius 1 is 1.44 bits per heavy atom. The van der Waals surface area contributed by atoms with E-state index in [0.717, 1.165) is 32.0 Å². The molecule has 1 aromatic heterocycles. The third kappa shape index (κ3) is 3.82. The van der Waals surface area contributed by atoms with Gasteiger partial charge in [0.2, 0.25) is 5.95 Å². The van der Waals surface area contributed by atoms with Gasteiger partial charge in [-0.25, -0.2) is 4.98 Å². The van der Waals surface area contributed by atoms with Gasteiger partial charge in [-0.05, 0) is 19.9 Å². The first-order valence-electron chi connectivity index (χ1n) is 6.29. The molecule has 0 aromatic carbocycles. The number of hydrogen-bond donors (Lipinski definition) is 3. The second kappa shape index (κ2) is 5.49. The van der Waals surface area contributed by atoms with Crippen molar-refractivity contribution in [1.82, 2.24) is 15.3 Å². The third-order valence-electron chi connectivity index (χ3n) is 2.76. The van der Waals surface area contributed by atoms with Gasteiger partial charge in [-0.1, -0.05) is 0 Å². The SMILES string of the molecule is CC(C)(O)CNc1nccc(N2CCNCC2)n1. The summed E-state index contributed by atoms with van der Waals surface area (Å²) in [5.41, 5.74) is -0.769. The number of anilines is 2. The molecule has 3 N–H and O–H groups in total. The molecule has 1 aromatic rings. The van der Waals surface area contributed by atoms with E-state index in [4.69, 9.17) is 0 Å². The van der Waals surface area contributed by atoms with E-state index < -0.39 is 5.60 Å².